The minimum atomic E-state index is 0.0182. The van der Waals surface area contributed by atoms with Crippen molar-refractivity contribution in [3.8, 4) is 5.75 Å². The van der Waals surface area contributed by atoms with Crippen LogP contribution in [0.3, 0.4) is 0 Å². The standard InChI is InChI=1S/C20H27N5O2/c1-27-18-8-6-16(7-9-18)13-23-10-4-5-17(14-23)25-15-19(21-22-25)20(26)24-11-2-3-12-24/h6-9,15,17H,2-5,10-14H2,1H3. The van der Waals surface area contributed by atoms with Gasteiger partial charge in [0.05, 0.1) is 19.3 Å². The summed E-state index contributed by atoms with van der Waals surface area (Å²) in [7, 11) is 1.69. The summed E-state index contributed by atoms with van der Waals surface area (Å²) >= 11 is 0. The monoisotopic (exact) mass is 369 g/mol. The number of amides is 1. The smallest absolute Gasteiger partial charge is 0.276 e. The van der Waals surface area contributed by atoms with Crippen LogP contribution in [0.15, 0.2) is 30.5 Å². The lowest BCUT2D eigenvalue weighted by atomic mass is 10.0. The van der Waals surface area contributed by atoms with E-state index < -0.39 is 0 Å². The summed E-state index contributed by atoms with van der Waals surface area (Å²) in [5.41, 5.74) is 1.75. The number of piperidine rings is 1. The molecule has 27 heavy (non-hydrogen) atoms. The van der Waals surface area contributed by atoms with Crippen LogP contribution in [-0.4, -0.2) is 64.0 Å². The number of nitrogens with zero attached hydrogens (tertiary/aromatic N) is 5. The number of rotatable bonds is 5. The summed E-state index contributed by atoms with van der Waals surface area (Å²) in [6.45, 7) is 4.59. The molecule has 2 aliphatic rings. The third-order valence-corrected chi connectivity index (χ3v) is 5.54. The topological polar surface area (TPSA) is 63.5 Å². The van der Waals surface area contributed by atoms with Gasteiger partial charge in [0, 0.05) is 26.2 Å². The van der Waals surface area contributed by atoms with Crippen molar-refractivity contribution in [3.63, 3.8) is 0 Å². The first-order chi connectivity index (χ1) is 13.2. The molecule has 0 spiro atoms. The highest BCUT2D eigenvalue weighted by molar-refractivity contribution is 5.92. The third-order valence-electron chi connectivity index (χ3n) is 5.54. The quantitative estimate of drug-likeness (QED) is 0.810. The SMILES string of the molecule is COc1ccc(CN2CCCC(n3cc(C(=O)N4CCCC4)nn3)C2)cc1. The van der Waals surface area contributed by atoms with E-state index in [1.165, 1.54) is 5.56 Å². The Morgan fingerprint density at radius 3 is 2.67 bits per heavy atom. The van der Waals surface area contributed by atoms with Crippen molar-refractivity contribution in [1.82, 2.24) is 24.8 Å². The van der Waals surface area contributed by atoms with Gasteiger partial charge in [-0.05, 0) is 49.9 Å². The van der Waals surface area contributed by atoms with Crippen LogP contribution in [0.5, 0.6) is 5.75 Å². The van der Waals surface area contributed by atoms with Crippen LogP contribution >= 0.6 is 0 Å². The van der Waals surface area contributed by atoms with Gasteiger partial charge in [-0.3, -0.25) is 9.69 Å². The summed E-state index contributed by atoms with van der Waals surface area (Å²) < 4.78 is 7.12. The number of likely N-dealkylation sites (tertiary alicyclic amines) is 2. The summed E-state index contributed by atoms with van der Waals surface area (Å²) in [6, 6.07) is 8.51. The molecule has 2 aromatic rings. The number of carbonyl (C=O) groups is 1. The molecule has 2 aliphatic heterocycles. The molecule has 1 unspecified atom stereocenters. The van der Waals surface area contributed by atoms with Gasteiger partial charge < -0.3 is 9.64 Å². The summed E-state index contributed by atoms with van der Waals surface area (Å²) in [5.74, 6) is 0.901. The molecule has 0 bridgehead atoms. The molecule has 144 valence electrons. The number of benzene rings is 1. The van der Waals surface area contributed by atoms with E-state index in [9.17, 15) is 4.79 Å². The zero-order valence-electron chi connectivity index (χ0n) is 15.9. The maximum atomic E-state index is 12.5. The molecule has 3 heterocycles. The average molecular weight is 369 g/mol. The molecule has 4 rings (SSSR count). The van der Waals surface area contributed by atoms with Gasteiger partial charge in [-0.15, -0.1) is 5.10 Å². The first kappa shape index (κ1) is 18.0. The van der Waals surface area contributed by atoms with Crippen LogP contribution in [0.1, 0.15) is 47.8 Å². The molecule has 0 aliphatic carbocycles. The molecule has 7 nitrogen and oxygen atoms in total. The maximum absolute atomic E-state index is 12.5. The molecule has 0 saturated carbocycles. The van der Waals surface area contributed by atoms with E-state index in [0.29, 0.717) is 5.69 Å². The van der Waals surface area contributed by atoms with Crippen LogP contribution in [0, 0.1) is 0 Å². The second kappa shape index (κ2) is 8.08. The summed E-state index contributed by atoms with van der Waals surface area (Å²) in [4.78, 5) is 16.8. The van der Waals surface area contributed by atoms with Gasteiger partial charge >= 0.3 is 0 Å². The second-order valence-corrected chi connectivity index (χ2v) is 7.46. The lowest BCUT2D eigenvalue weighted by Crippen LogP contribution is -2.36. The molecule has 2 fully saturated rings. The van der Waals surface area contributed by atoms with Crippen molar-refractivity contribution < 1.29 is 9.53 Å². The third kappa shape index (κ3) is 4.13. The number of hydrogen-bond donors (Lipinski definition) is 0. The molecule has 7 heteroatoms. The van der Waals surface area contributed by atoms with Gasteiger partial charge in [0.1, 0.15) is 5.75 Å². The molecule has 0 radical (unpaired) electrons. The van der Waals surface area contributed by atoms with Crippen molar-refractivity contribution >= 4 is 5.91 Å². The minimum absolute atomic E-state index is 0.0182. The fourth-order valence-electron chi connectivity index (χ4n) is 4.02. The second-order valence-electron chi connectivity index (χ2n) is 7.46. The summed E-state index contributed by atoms with van der Waals surface area (Å²) in [5, 5.41) is 8.43. The van der Waals surface area contributed by atoms with E-state index in [2.05, 4.69) is 27.3 Å². The number of ether oxygens (including phenoxy) is 1. The van der Waals surface area contributed by atoms with E-state index in [-0.39, 0.29) is 11.9 Å². The van der Waals surface area contributed by atoms with Crippen molar-refractivity contribution in [3.05, 3.63) is 41.7 Å². The fourth-order valence-corrected chi connectivity index (χ4v) is 4.02. The number of hydrogen-bond acceptors (Lipinski definition) is 5. The van der Waals surface area contributed by atoms with Crippen LogP contribution in [0.4, 0.5) is 0 Å². The Bertz CT molecular complexity index is 767. The Morgan fingerprint density at radius 1 is 1.15 bits per heavy atom. The van der Waals surface area contributed by atoms with E-state index in [1.807, 2.05) is 27.9 Å². The lowest BCUT2D eigenvalue weighted by Gasteiger charge is -2.32. The van der Waals surface area contributed by atoms with Gasteiger partial charge in [-0.2, -0.15) is 0 Å². The van der Waals surface area contributed by atoms with Crippen LogP contribution in [0.2, 0.25) is 0 Å². The first-order valence-electron chi connectivity index (χ1n) is 9.79. The zero-order chi connectivity index (χ0) is 18.6. The number of aromatic nitrogens is 3. The van der Waals surface area contributed by atoms with Crippen LogP contribution in [-0.2, 0) is 6.54 Å². The number of methoxy groups -OCH3 is 1. The normalized spacial score (nSPS) is 20.8. The van der Waals surface area contributed by atoms with Gasteiger partial charge in [-0.25, -0.2) is 4.68 Å². The Morgan fingerprint density at radius 2 is 1.93 bits per heavy atom. The van der Waals surface area contributed by atoms with Crippen molar-refractivity contribution in [2.75, 3.05) is 33.3 Å². The van der Waals surface area contributed by atoms with Gasteiger partial charge in [-0.1, -0.05) is 17.3 Å². The molecule has 1 aromatic heterocycles. The van der Waals surface area contributed by atoms with E-state index in [4.69, 9.17) is 4.74 Å². The molecule has 1 atom stereocenters. The van der Waals surface area contributed by atoms with Crippen molar-refractivity contribution in [1.29, 1.82) is 0 Å². The van der Waals surface area contributed by atoms with E-state index >= 15 is 0 Å². The zero-order valence-corrected chi connectivity index (χ0v) is 15.9. The Balaban J connectivity index is 1.38. The predicted octanol–water partition coefficient (Wildman–Crippen LogP) is 2.36. The van der Waals surface area contributed by atoms with E-state index in [1.54, 1.807) is 7.11 Å². The minimum Gasteiger partial charge on any atom is -0.497 e. The highest BCUT2D eigenvalue weighted by atomic mass is 16.5. The lowest BCUT2D eigenvalue weighted by molar-refractivity contribution is 0.0787. The Hall–Kier alpha value is -2.41. The largest absolute Gasteiger partial charge is 0.497 e. The average Bonchev–Trinajstić information content (AvgIpc) is 3.41. The molecule has 1 aromatic carbocycles. The first-order valence-corrected chi connectivity index (χ1v) is 9.79. The van der Waals surface area contributed by atoms with Crippen molar-refractivity contribution in [2.24, 2.45) is 0 Å². The van der Waals surface area contributed by atoms with Gasteiger partial charge in [0.15, 0.2) is 5.69 Å². The fraction of sp³-hybridized carbons (Fsp3) is 0.550. The predicted molar refractivity (Wildman–Crippen MR) is 102 cm³/mol. The van der Waals surface area contributed by atoms with Gasteiger partial charge in [0.2, 0.25) is 0 Å². The maximum Gasteiger partial charge on any atom is 0.276 e. The summed E-state index contributed by atoms with van der Waals surface area (Å²) in [6.07, 6.45) is 6.20. The van der Waals surface area contributed by atoms with Crippen molar-refractivity contribution in [2.45, 2.75) is 38.3 Å². The van der Waals surface area contributed by atoms with Crippen LogP contribution in [0.25, 0.3) is 0 Å². The van der Waals surface area contributed by atoms with E-state index in [0.717, 1.165) is 64.2 Å². The van der Waals surface area contributed by atoms with Gasteiger partial charge in [0.25, 0.3) is 5.91 Å². The highest BCUT2D eigenvalue weighted by Crippen LogP contribution is 2.23. The Kier molecular flexibility index (Phi) is 5.38. The molecular weight excluding hydrogens is 342 g/mol. The highest BCUT2D eigenvalue weighted by Gasteiger charge is 2.26. The molecule has 2 saturated heterocycles. The molecular formula is C20H27N5O2. The molecule has 0 N–H and O–H groups in total. The Labute approximate surface area is 159 Å². The number of carbonyl (C=O) groups excluding carboxylic acids is 1. The van der Waals surface area contributed by atoms with Crippen LogP contribution < -0.4 is 4.74 Å². The molecule has 1 amide bonds.